The van der Waals surface area contributed by atoms with Crippen LogP contribution in [-0.2, 0) is 16.5 Å². The summed E-state index contributed by atoms with van der Waals surface area (Å²) < 4.78 is 29.9. The largest absolute Gasteiger partial charge is 0.286 e. The zero-order valence-corrected chi connectivity index (χ0v) is 9.57. The maximum absolute atomic E-state index is 10.6. The van der Waals surface area contributed by atoms with Crippen molar-refractivity contribution < 1.29 is 13.0 Å². The van der Waals surface area contributed by atoms with E-state index in [4.69, 9.17) is 4.55 Å². The van der Waals surface area contributed by atoms with Crippen molar-refractivity contribution in [2.45, 2.75) is 19.8 Å². The Balaban J connectivity index is 2.38. The predicted octanol–water partition coefficient (Wildman–Crippen LogP) is 2.14. The summed E-state index contributed by atoms with van der Waals surface area (Å²) in [4.78, 5) is 0. The van der Waals surface area contributed by atoms with Crippen molar-refractivity contribution in [2.24, 2.45) is 5.92 Å². The van der Waals surface area contributed by atoms with Gasteiger partial charge < -0.3 is 0 Å². The number of rotatable bonds is 5. The molecule has 3 nitrogen and oxygen atoms in total. The summed E-state index contributed by atoms with van der Waals surface area (Å²) in [7, 11) is -3.83. The summed E-state index contributed by atoms with van der Waals surface area (Å²) in [6, 6.07) is 9.90. The average molecular weight is 228 g/mol. The third-order valence-electron chi connectivity index (χ3n) is 2.26. The van der Waals surface area contributed by atoms with Crippen LogP contribution < -0.4 is 0 Å². The molecule has 0 aliphatic rings. The van der Waals surface area contributed by atoms with Crippen molar-refractivity contribution in [3.05, 3.63) is 35.9 Å². The van der Waals surface area contributed by atoms with Crippen LogP contribution in [0.3, 0.4) is 0 Å². The average Bonchev–Trinajstić information content (AvgIpc) is 2.14. The molecule has 1 N–H and O–H groups in total. The number of benzene rings is 1. The van der Waals surface area contributed by atoms with Crippen molar-refractivity contribution in [3.8, 4) is 0 Å². The molecule has 0 fully saturated rings. The second-order valence-corrected chi connectivity index (χ2v) is 5.38. The molecule has 0 heterocycles. The summed E-state index contributed by atoms with van der Waals surface area (Å²) >= 11 is 0. The van der Waals surface area contributed by atoms with Crippen LogP contribution in [0.15, 0.2) is 30.3 Å². The van der Waals surface area contributed by atoms with Crippen LogP contribution in [0.25, 0.3) is 0 Å². The highest BCUT2D eigenvalue weighted by molar-refractivity contribution is 7.85. The quantitative estimate of drug-likeness (QED) is 0.785. The highest BCUT2D eigenvalue weighted by atomic mass is 32.2. The second kappa shape index (κ2) is 5.28. The van der Waals surface area contributed by atoms with Gasteiger partial charge in [0.05, 0.1) is 5.75 Å². The number of aryl methyl sites for hydroxylation is 1. The molecule has 0 amide bonds. The summed E-state index contributed by atoms with van der Waals surface area (Å²) in [6.45, 7) is 1.83. The molecule has 0 aromatic heterocycles. The molecule has 1 unspecified atom stereocenters. The van der Waals surface area contributed by atoms with Crippen LogP contribution >= 0.6 is 0 Å². The topological polar surface area (TPSA) is 54.4 Å². The zero-order chi connectivity index (χ0) is 11.3. The van der Waals surface area contributed by atoms with Crippen molar-refractivity contribution in [3.63, 3.8) is 0 Å². The van der Waals surface area contributed by atoms with Crippen LogP contribution in [0.4, 0.5) is 0 Å². The maximum Gasteiger partial charge on any atom is 0.265 e. The Labute approximate surface area is 90.9 Å². The van der Waals surface area contributed by atoms with E-state index in [0.717, 1.165) is 12.8 Å². The third kappa shape index (κ3) is 5.54. The molecule has 0 aliphatic heterocycles. The first kappa shape index (κ1) is 12.2. The van der Waals surface area contributed by atoms with E-state index >= 15 is 0 Å². The SMILES string of the molecule is CC(CCc1ccccc1)CS(=O)(=O)O. The fourth-order valence-electron chi connectivity index (χ4n) is 1.50. The summed E-state index contributed by atoms with van der Waals surface area (Å²) in [6.07, 6.45) is 1.61. The molecule has 1 rings (SSSR count). The van der Waals surface area contributed by atoms with Gasteiger partial charge in [0.25, 0.3) is 10.1 Å². The zero-order valence-electron chi connectivity index (χ0n) is 8.76. The van der Waals surface area contributed by atoms with Gasteiger partial charge in [0.2, 0.25) is 0 Å². The van der Waals surface area contributed by atoms with Crippen molar-refractivity contribution in [1.29, 1.82) is 0 Å². The van der Waals surface area contributed by atoms with Gasteiger partial charge in [0.15, 0.2) is 0 Å². The molecule has 15 heavy (non-hydrogen) atoms. The van der Waals surface area contributed by atoms with Gasteiger partial charge in [-0.3, -0.25) is 4.55 Å². The number of hydrogen-bond donors (Lipinski definition) is 1. The monoisotopic (exact) mass is 228 g/mol. The Morgan fingerprint density at radius 2 is 1.87 bits per heavy atom. The summed E-state index contributed by atoms with van der Waals surface area (Å²) in [5, 5.41) is 0. The van der Waals surface area contributed by atoms with Gasteiger partial charge in [-0.25, -0.2) is 0 Å². The molecule has 0 bridgehead atoms. The Morgan fingerprint density at radius 3 is 2.40 bits per heavy atom. The van der Waals surface area contributed by atoms with E-state index in [2.05, 4.69) is 0 Å². The lowest BCUT2D eigenvalue weighted by molar-refractivity contribution is 0.463. The normalized spacial score (nSPS) is 13.7. The first-order chi connectivity index (χ1) is 6.97. The highest BCUT2D eigenvalue weighted by Crippen LogP contribution is 2.10. The Hall–Kier alpha value is -0.870. The van der Waals surface area contributed by atoms with Gasteiger partial charge in [-0.1, -0.05) is 37.3 Å². The first-order valence-corrected chi connectivity index (χ1v) is 6.57. The maximum atomic E-state index is 10.6. The minimum Gasteiger partial charge on any atom is -0.286 e. The van der Waals surface area contributed by atoms with E-state index in [1.807, 2.05) is 37.3 Å². The van der Waals surface area contributed by atoms with Gasteiger partial charge in [-0.05, 0) is 24.3 Å². The lowest BCUT2D eigenvalue weighted by atomic mass is 10.0. The van der Waals surface area contributed by atoms with Crippen LogP contribution in [-0.4, -0.2) is 18.7 Å². The Bertz CT molecular complexity index is 384. The van der Waals surface area contributed by atoms with E-state index in [1.54, 1.807) is 0 Å². The van der Waals surface area contributed by atoms with Gasteiger partial charge in [0.1, 0.15) is 0 Å². The molecule has 0 aliphatic carbocycles. The van der Waals surface area contributed by atoms with Crippen LogP contribution in [0.2, 0.25) is 0 Å². The van der Waals surface area contributed by atoms with Crippen molar-refractivity contribution in [2.75, 3.05) is 5.75 Å². The molecule has 0 saturated carbocycles. The molecule has 1 aromatic carbocycles. The van der Waals surface area contributed by atoms with Gasteiger partial charge in [-0.15, -0.1) is 0 Å². The second-order valence-electron chi connectivity index (χ2n) is 3.88. The molecule has 0 spiro atoms. The highest BCUT2D eigenvalue weighted by Gasteiger charge is 2.11. The minimum absolute atomic E-state index is 0.0137. The van der Waals surface area contributed by atoms with Gasteiger partial charge >= 0.3 is 0 Å². The fourth-order valence-corrected chi connectivity index (χ4v) is 2.39. The number of hydrogen-bond acceptors (Lipinski definition) is 2. The Morgan fingerprint density at radius 1 is 1.27 bits per heavy atom. The van der Waals surface area contributed by atoms with Crippen LogP contribution in [0.1, 0.15) is 18.9 Å². The predicted molar refractivity (Wildman–Crippen MR) is 60.3 cm³/mol. The molecular weight excluding hydrogens is 212 g/mol. The van der Waals surface area contributed by atoms with Crippen molar-refractivity contribution >= 4 is 10.1 Å². The lowest BCUT2D eigenvalue weighted by Crippen LogP contribution is -2.13. The standard InChI is InChI=1S/C11H16O3S/c1-10(9-15(12,13)14)7-8-11-5-3-2-4-6-11/h2-6,10H,7-9H2,1H3,(H,12,13,14). The minimum atomic E-state index is -3.83. The molecule has 84 valence electrons. The van der Waals surface area contributed by atoms with Crippen LogP contribution in [0, 0.1) is 5.92 Å². The molecule has 1 aromatic rings. The third-order valence-corrected chi connectivity index (χ3v) is 3.25. The van der Waals surface area contributed by atoms with E-state index in [-0.39, 0.29) is 11.7 Å². The van der Waals surface area contributed by atoms with Gasteiger partial charge in [-0.2, -0.15) is 8.42 Å². The molecule has 4 heteroatoms. The van der Waals surface area contributed by atoms with Crippen molar-refractivity contribution in [1.82, 2.24) is 0 Å². The summed E-state index contributed by atoms with van der Waals surface area (Å²) in [5.41, 5.74) is 1.19. The molecule has 0 saturated heterocycles. The van der Waals surface area contributed by atoms with E-state index in [0.29, 0.717) is 0 Å². The van der Waals surface area contributed by atoms with Gasteiger partial charge in [0, 0.05) is 0 Å². The van der Waals surface area contributed by atoms with E-state index in [9.17, 15) is 8.42 Å². The summed E-state index contributed by atoms with van der Waals surface area (Å²) in [5.74, 6) is -0.167. The molecule has 1 atom stereocenters. The smallest absolute Gasteiger partial charge is 0.265 e. The molecule has 0 radical (unpaired) electrons. The Kier molecular flexibility index (Phi) is 4.29. The fraction of sp³-hybridized carbons (Fsp3) is 0.455. The van der Waals surface area contributed by atoms with E-state index in [1.165, 1.54) is 5.56 Å². The molecular formula is C11H16O3S. The van der Waals surface area contributed by atoms with E-state index < -0.39 is 10.1 Å². The van der Waals surface area contributed by atoms with Crippen LogP contribution in [0.5, 0.6) is 0 Å². The first-order valence-electron chi connectivity index (χ1n) is 4.96. The lowest BCUT2D eigenvalue weighted by Gasteiger charge is -2.08.